The predicted molar refractivity (Wildman–Crippen MR) is 190 cm³/mol. The van der Waals surface area contributed by atoms with E-state index in [9.17, 15) is 32.0 Å². The molecule has 3 fully saturated rings. The summed E-state index contributed by atoms with van der Waals surface area (Å²) in [5.41, 5.74) is 0.0959. The van der Waals surface area contributed by atoms with Crippen LogP contribution in [-0.4, -0.2) is 86.4 Å². The molecule has 1 aromatic carbocycles. The van der Waals surface area contributed by atoms with E-state index >= 15 is 0 Å². The van der Waals surface area contributed by atoms with Gasteiger partial charge in [-0.25, -0.2) is 13.9 Å². The lowest BCUT2D eigenvalue weighted by Gasteiger charge is -2.37. The highest BCUT2D eigenvalue weighted by atomic mass is 32.2. The number of amides is 4. The van der Waals surface area contributed by atoms with E-state index < -0.39 is 46.6 Å². The van der Waals surface area contributed by atoms with E-state index in [0.29, 0.717) is 54.8 Å². The third kappa shape index (κ3) is 9.39. The molecule has 5 rings (SSSR count). The lowest BCUT2D eigenvalue weighted by molar-refractivity contribution is -0.142. The van der Waals surface area contributed by atoms with Gasteiger partial charge in [0.25, 0.3) is 0 Å². The molecule has 2 saturated carbocycles. The summed E-state index contributed by atoms with van der Waals surface area (Å²) >= 11 is 0. The Bertz CT molecular complexity index is 1690. The zero-order valence-electron chi connectivity index (χ0n) is 30.2. The highest BCUT2D eigenvalue weighted by Gasteiger charge is 2.47. The molecule has 1 aliphatic heterocycles. The number of alkyl carbamates (subject to hydrolysis) is 1. The van der Waals surface area contributed by atoms with Crippen molar-refractivity contribution in [2.45, 2.75) is 103 Å². The quantitative estimate of drug-likeness (QED) is 0.293. The van der Waals surface area contributed by atoms with Crippen LogP contribution in [0.4, 0.5) is 14.9 Å². The number of ether oxygens (including phenoxy) is 1. The zero-order chi connectivity index (χ0) is 37.1. The summed E-state index contributed by atoms with van der Waals surface area (Å²) in [6.45, 7) is 5.01. The number of nitrogens with zero attached hydrogens (tertiary/aromatic N) is 2. The number of carbonyl (C=O) groups is 4. The smallest absolute Gasteiger partial charge is 0.407 e. The fraction of sp³-hybridized carbons (Fsp3) is 0.667. The van der Waals surface area contributed by atoms with E-state index in [2.05, 4.69) is 10.6 Å². The summed E-state index contributed by atoms with van der Waals surface area (Å²) in [6.07, 6.45) is 7.72. The number of alkyl halides is 1. The second kappa shape index (κ2) is 15.9. The molecule has 51 heavy (non-hydrogen) atoms. The fourth-order valence-electron chi connectivity index (χ4n) is 7.91. The van der Waals surface area contributed by atoms with Crippen LogP contribution in [-0.2, 0) is 24.5 Å². The Hall–Kier alpha value is -3.72. The van der Waals surface area contributed by atoms with Crippen LogP contribution in [0.15, 0.2) is 28.7 Å². The van der Waals surface area contributed by atoms with E-state index in [1.807, 2.05) is 4.72 Å². The van der Waals surface area contributed by atoms with Crippen LogP contribution < -0.4 is 15.4 Å². The minimum atomic E-state index is -4.02. The largest absolute Gasteiger partial charge is 0.451 e. The first kappa shape index (κ1) is 38.5. The van der Waals surface area contributed by atoms with Gasteiger partial charge in [0.2, 0.25) is 11.8 Å². The lowest BCUT2D eigenvalue weighted by Crippen LogP contribution is -2.50. The molecule has 282 valence electrons. The third-order valence-corrected chi connectivity index (χ3v) is 11.9. The molecule has 0 radical (unpaired) electrons. The molecule has 1 saturated heterocycles. The molecule has 2 aromatic rings. The molecule has 4 amide bonds. The number of anilines is 1. The van der Waals surface area contributed by atoms with Gasteiger partial charge in [-0.15, -0.1) is 0 Å². The Morgan fingerprint density at radius 1 is 1.00 bits per heavy atom. The second-order valence-electron chi connectivity index (χ2n) is 15.4. The van der Waals surface area contributed by atoms with Crippen LogP contribution in [0.5, 0.6) is 0 Å². The van der Waals surface area contributed by atoms with Crippen molar-refractivity contribution >= 4 is 50.7 Å². The topological polar surface area (TPSA) is 167 Å². The van der Waals surface area contributed by atoms with Gasteiger partial charge in [0.1, 0.15) is 23.9 Å². The van der Waals surface area contributed by atoms with Gasteiger partial charge in [-0.3, -0.25) is 14.4 Å². The highest BCUT2D eigenvalue weighted by Crippen LogP contribution is 2.41. The number of halogens is 1. The molecule has 13 nitrogen and oxygen atoms in total. The first-order valence-electron chi connectivity index (χ1n) is 18.0. The number of hydrogen-bond acceptors (Lipinski definition) is 8. The Morgan fingerprint density at radius 2 is 1.69 bits per heavy atom. The Kier molecular flexibility index (Phi) is 12.0. The molecule has 0 bridgehead atoms. The summed E-state index contributed by atoms with van der Waals surface area (Å²) < 4.78 is 52.0. The van der Waals surface area contributed by atoms with Crippen LogP contribution in [0.2, 0.25) is 0 Å². The maximum absolute atomic E-state index is 14.2. The summed E-state index contributed by atoms with van der Waals surface area (Å²) in [7, 11) is -1.43. The number of benzene rings is 1. The molecule has 15 heteroatoms. The van der Waals surface area contributed by atoms with Crippen molar-refractivity contribution in [1.82, 2.24) is 19.2 Å². The lowest BCUT2D eigenvalue weighted by atomic mass is 9.76. The summed E-state index contributed by atoms with van der Waals surface area (Å²) in [4.78, 5) is 55.0. The van der Waals surface area contributed by atoms with Gasteiger partial charge >= 0.3 is 22.2 Å². The van der Waals surface area contributed by atoms with E-state index in [4.69, 9.17) is 9.15 Å². The van der Waals surface area contributed by atoms with Crippen molar-refractivity contribution in [2.24, 2.45) is 23.7 Å². The average Bonchev–Trinajstić information content (AvgIpc) is 3.71. The predicted octanol–water partition coefficient (Wildman–Crippen LogP) is 5.37. The molecular weight excluding hydrogens is 681 g/mol. The van der Waals surface area contributed by atoms with Crippen molar-refractivity contribution in [3.8, 4) is 0 Å². The van der Waals surface area contributed by atoms with Gasteiger partial charge in [0, 0.05) is 37.6 Å². The van der Waals surface area contributed by atoms with E-state index in [1.54, 1.807) is 43.9 Å². The van der Waals surface area contributed by atoms with Crippen LogP contribution >= 0.6 is 0 Å². The number of nitrogens with one attached hydrogen (secondary N) is 3. The van der Waals surface area contributed by atoms with Gasteiger partial charge in [0.05, 0.1) is 6.04 Å². The van der Waals surface area contributed by atoms with Crippen molar-refractivity contribution in [3.63, 3.8) is 0 Å². The van der Waals surface area contributed by atoms with Gasteiger partial charge in [-0.2, -0.15) is 12.7 Å². The van der Waals surface area contributed by atoms with Crippen molar-refractivity contribution in [3.05, 3.63) is 30.0 Å². The van der Waals surface area contributed by atoms with Crippen LogP contribution in [0.25, 0.3) is 11.0 Å². The van der Waals surface area contributed by atoms with E-state index in [0.717, 1.165) is 36.4 Å². The average molecular weight is 734 g/mol. The number of carbonyl (C=O) groups excluding carboxylic acids is 4. The number of rotatable bonds is 10. The van der Waals surface area contributed by atoms with Crippen molar-refractivity contribution in [1.29, 1.82) is 0 Å². The van der Waals surface area contributed by atoms with Gasteiger partial charge in [0.15, 0.2) is 5.76 Å². The van der Waals surface area contributed by atoms with Crippen LogP contribution in [0.1, 0.15) is 95.5 Å². The SMILES string of the molecule is CN(C)S(=O)(=O)NC(=O)c1cc2cc(NC(=O)[C@@H]3[C@H](C4CCCCC4)CCN3C(=O)C3CCC([C@@H](CF)NC(=O)OC(C)(C)C)CC3)ccc2o1. The van der Waals surface area contributed by atoms with Crippen LogP contribution in [0, 0.1) is 23.7 Å². The first-order valence-corrected chi connectivity index (χ1v) is 19.5. The second-order valence-corrected chi connectivity index (χ2v) is 17.3. The number of hydrogen-bond donors (Lipinski definition) is 3. The standard InChI is InChI=1S/C36H52FN5O8S/c1-36(2,3)50-35(46)39-28(21-37)23-11-13-24(14-12-23)34(45)42-18-17-27(22-9-7-6-8-10-22)31(42)33(44)38-26-15-16-29-25(19-26)20-30(49-29)32(43)40-51(47,48)41(4)5/h15-16,19-20,22-24,27-28,31H,6-14,17-18,21H2,1-5H3,(H,38,44)(H,39,46)(H,40,43)/t23?,24?,27-,28+,31-/m0/s1. The van der Waals surface area contributed by atoms with Gasteiger partial charge in [-0.1, -0.05) is 32.1 Å². The fourth-order valence-corrected chi connectivity index (χ4v) is 8.43. The van der Waals surface area contributed by atoms with Crippen LogP contribution in [0.3, 0.4) is 0 Å². The Labute approximate surface area is 299 Å². The zero-order valence-corrected chi connectivity index (χ0v) is 31.0. The van der Waals surface area contributed by atoms with E-state index in [1.165, 1.54) is 26.6 Å². The molecule has 3 aliphatic rings. The monoisotopic (exact) mass is 733 g/mol. The molecule has 3 atom stereocenters. The minimum absolute atomic E-state index is 0.0196. The molecule has 2 aliphatic carbocycles. The van der Waals surface area contributed by atoms with Crippen molar-refractivity contribution < 1.29 is 41.1 Å². The molecule has 0 spiro atoms. The number of furan rings is 1. The summed E-state index contributed by atoms with van der Waals surface area (Å²) in [5, 5.41) is 6.18. The molecular formula is C36H52FN5O8S. The van der Waals surface area contributed by atoms with Crippen molar-refractivity contribution in [2.75, 3.05) is 32.6 Å². The maximum atomic E-state index is 14.2. The third-order valence-electron chi connectivity index (χ3n) is 10.5. The maximum Gasteiger partial charge on any atom is 0.407 e. The number of fused-ring (bicyclic) bond motifs is 1. The van der Waals surface area contributed by atoms with Gasteiger partial charge in [-0.05, 0) is 94.9 Å². The molecule has 1 aromatic heterocycles. The normalized spacial score (nSPS) is 23.9. The Morgan fingerprint density at radius 3 is 2.31 bits per heavy atom. The minimum Gasteiger partial charge on any atom is -0.451 e. The molecule has 0 unspecified atom stereocenters. The Balaban J connectivity index is 1.28. The highest BCUT2D eigenvalue weighted by molar-refractivity contribution is 7.87. The first-order chi connectivity index (χ1) is 24.1. The number of likely N-dealkylation sites (tertiary alicyclic amines) is 1. The summed E-state index contributed by atoms with van der Waals surface area (Å²) in [5.74, 6) is -1.52. The summed E-state index contributed by atoms with van der Waals surface area (Å²) in [6, 6.07) is 4.96. The molecule has 2 heterocycles. The van der Waals surface area contributed by atoms with Gasteiger partial charge < -0.3 is 24.7 Å². The van der Waals surface area contributed by atoms with E-state index in [-0.39, 0.29) is 35.3 Å². The molecule has 3 N–H and O–H groups in total.